The Labute approximate surface area is 157 Å². The maximum atomic E-state index is 12.8. The molecule has 0 atom stereocenters. The minimum atomic E-state index is -0.233. The highest BCUT2D eigenvalue weighted by Crippen LogP contribution is 2.33. The van der Waals surface area contributed by atoms with Crippen LogP contribution in [-0.2, 0) is 4.79 Å². The summed E-state index contributed by atoms with van der Waals surface area (Å²) in [6.45, 7) is 2.87. The van der Waals surface area contributed by atoms with Crippen LogP contribution in [0.1, 0.15) is 5.56 Å². The van der Waals surface area contributed by atoms with Crippen LogP contribution < -0.4 is 14.4 Å². The molecule has 0 unspecified atom stereocenters. The van der Waals surface area contributed by atoms with Crippen molar-refractivity contribution < 1.29 is 14.3 Å². The van der Waals surface area contributed by atoms with E-state index in [0.29, 0.717) is 24.6 Å². The Morgan fingerprint density at radius 3 is 2.48 bits per heavy atom. The monoisotopic (exact) mass is 361 g/mol. The Bertz CT molecular complexity index is 910. The number of carbonyl (C=O) groups excluding carboxylic acids is 1. The number of fused-ring (bicyclic) bond motifs is 1. The van der Waals surface area contributed by atoms with Crippen molar-refractivity contribution >= 4 is 17.7 Å². The normalized spacial score (nSPS) is 16.2. The van der Waals surface area contributed by atoms with Crippen molar-refractivity contribution in [3.8, 4) is 17.6 Å². The molecule has 0 bridgehead atoms. The summed E-state index contributed by atoms with van der Waals surface area (Å²) in [6, 6.07) is 17.6. The highest BCUT2D eigenvalue weighted by atomic mass is 16.7. The molecule has 1 saturated heterocycles. The fourth-order valence-corrected chi connectivity index (χ4v) is 3.29. The van der Waals surface area contributed by atoms with Gasteiger partial charge in [0.05, 0.1) is 0 Å². The van der Waals surface area contributed by atoms with Gasteiger partial charge in [0.25, 0.3) is 5.91 Å². The van der Waals surface area contributed by atoms with Gasteiger partial charge in [0.15, 0.2) is 11.5 Å². The third kappa shape index (κ3) is 3.58. The number of hydrogen-bond donors (Lipinski definition) is 0. The molecule has 2 aromatic rings. The van der Waals surface area contributed by atoms with E-state index >= 15 is 0 Å². The van der Waals surface area contributed by atoms with E-state index in [1.54, 1.807) is 23.1 Å². The molecule has 0 N–H and O–H groups in total. The van der Waals surface area contributed by atoms with Gasteiger partial charge in [0, 0.05) is 31.9 Å². The van der Waals surface area contributed by atoms with Gasteiger partial charge in [0.1, 0.15) is 11.6 Å². The lowest BCUT2D eigenvalue weighted by Gasteiger charge is -2.36. The van der Waals surface area contributed by atoms with E-state index < -0.39 is 0 Å². The maximum Gasteiger partial charge on any atom is 0.264 e. The highest BCUT2D eigenvalue weighted by molar-refractivity contribution is 6.01. The SMILES string of the molecule is N#CC(=Cc1ccc2c(c1)OCO2)C(=O)N1CCN(c2ccccc2)CC1. The number of piperazine rings is 1. The van der Waals surface area contributed by atoms with Crippen LogP contribution in [0.4, 0.5) is 5.69 Å². The molecule has 0 radical (unpaired) electrons. The summed E-state index contributed by atoms with van der Waals surface area (Å²) >= 11 is 0. The van der Waals surface area contributed by atoms with Crippen LogP contribution in [-0.4, -0.2) is 43.8 Å². The zero-order valence-electron chi connectivity index (χ0n) is 14.8. The number of anilines is 1. The predicted molar refractivity (Wildman–Crippen MR) is 101 cm³/mol. The first-order valence-corrected chi connectivity index (χ1v) is 8.85. The fourth-order valence-electron chi connectivity index (χ4n) is 3.29. The van der Waals surface area contributed by atoms with E-state index in [-0.39, 0.29) is 18.3 Å². The second-order valence-electron chi connectivity index (χ2n) is 6.40. The van der Waals surface area contributed by atoms with E-state index in [4.69, 9.17) is 9.47 Å². The van der Waals surface area contributed by atoms with Gasteiger partial charge >= 0.3 is 0 Å². The van der Waals surface area contributed by atoms with Crippen molar-refractivity contribution in [3.05, 3.63) is 59.7 Å². The number of carbonyl (C=O) groups is 1. The first-order valence-electron chi connectivity index (χ1n) is 8.85. The lowest BCUT2D eigenvalue weighted by molar-refractivity contribution is -0.126. The fraction of sp³-hybridized carbons (Fsp3) is 0.238. The van der Waals surface area contributed by atoms with E-state index in [1.165, 1.54) is 0 Å². The highest BCUT2D eigenvalue weighted by Gasteiger charge is 2.24. The van der Waals surface area contributed by atoms with Crippen LogP contribution in [0.25, 0.3) is 6.08 Å². The Balaban J connectivity index is 1.44. The van der Waals surface area contributed by atoms with Crippen LogP contribution in [0.5, 0.6) is 11.5 Å². The van der Waals surface area contributed by atoms with Gasteiger partial charge in [-0.1, -0.05) is 24.3 Å². The number of para-hydroxylation sites is 1. The van der Waals surface area contributed by atoms with E-state index in [9.17, 15) is 10.1 Å². The molecule has 6 heteroatoms. The quantitative estimate of drug-likeness (QED) is 0.621. The van der Waals surface area contributed by atoms with Gasteiger partial charge < -0.3 is 19.3 Å². The van der Waals surface area contributed by atoms with Crippen molar-refractivity contribution in [2.24, 2.45) is 0 Å². The second kappa shape index (κ2) is 7.42. The minimum Gasteiger partial charge on any atom is -0.454 e. The molecule has 0 spiro atoms. The van der Waals surface area contributed by atoms with Crippen molar-refractivity contribution in [3.63, 3.8) is 0 Å². The summed E-state index contributed by atoms with van der Waals surface area (Å²) in [6.07, 6.45) is 1.61. The molecule has 2 aliphatic rings. The number of nitriles is 1. The molecule has 27 heavy (non-hydrogen) atoms. The first-order chi connectivity index (χ1) is 13.2. The van der Waals surface area contributed by atoms with E-state index in [1.807, 2.05) is 30.3 Å². The van der Waals surface area contributed by atoms with Gasteiger partial charge in [-0.25, -0.2) is 0 Å². The number of rotatable bonds is 3. The first kappa shape index (κ1) is 17.0. The van der Waals surface area contributed by atoms with Crippen molar-refractivity contribution in [1.29, 1.82) is 5.26 Å². The Kier molecular flexibility index (Phi) is 4.67. The van der Waals surface area contributed by atoms with Gasteiger partial charge in [-0.3, -0.25) is 4.79 Å². The Hall–Kier alpha value is -3.46. The lowest BCUT2D eigenvalue weighted by Crippen LogP contribution is -2.49. The number of hydrogen-bond acceptors (Lipinski definition) is 5. The molecule has 2 aromatic carbocycles. The maximum absolute atomic E-state index is 12.8. The van der Waals surface area contributed by atoms with Crippen LogP contribution in [0.2, 0.25) is 0 Å². The van der Waals surface area contributed by atoms with E-state index in [2.05, 4.69) is 17.0 Å². The number of nitrogens with zero attached hydrogens (tertiary/aromatic N) is 3. The third-order valence-corrected chi connectivity index (χ3v) is 4.75. The molecular formula is C21H19N3O3. The van der Waals surface area contributed by atoms with Gasteiger partial charge in [-0.05, 0) is 35.9 Å². The zero-order chi connectivity index (χ0) is 18.6. The third-order valence-electron chi connectivity index (χ3n) is 4.75. The number of benzene rings is 2. The van der Waals surface area contributed by atoms with Crippen LogP contribution in [0.3, 0.4) is 0 Å². The van der Waals surface area contributed by atoms with Gasteiger partial charge in [-0.15, -0.1) is 0 Å². The summed E-state index contributed by atoms with van der Waals surface area (Å²) in [4.78, 5) is 16.8. The van der Waals surface area contributed by atoms with Crippen molar-refractivity contribution in [2.75, 3.05) is 37.9 Å². The summed E-state index contributed by atoms with van der Waals surface area (Å²) < 4.78 is 10.6. The van der Waals surface area contributed by atoms with Gasteiger partial charge in [-0.2, -0.15) is 5.26 Å². The molecule has 136 valence electrons. The average Bonchev–Trinajstić information content (AvgIpc) is 3.20. The van der Waals surface area contributed by atoms with Crippen molar-refractivity contribution in [2.45, 2.75) is 0 Å². The second-order valence-corrected chi connectivity index (χ2v) is 6.40. The summed E-state index contributed by atoms with van der Waals surface area (Å²) in [5, 5.41) is 9.48. The number of ether oxygens (including phenoxy) is 2. The standard InChI is InChI=1S/C21H19N3O3/c22-14-17(12-16-6-7-19-20(13-16)27-15-26-19)21(25)24-10-8-23(9-11-24)18-4-2-1-3-5-18/h1-7,12-13H,8-11,15H2. The summed E-state index contributed by atoms with van der Waals surface area (Å²) in [5.41, 5.74) is 2.02. The summed E-state index contributed by atoms with van der Waals surface area (Å²) in [5.74, 6) is 1.07. The van der Waals surface area contributed by atoms with E-state index in [0.717, 1.165) is 24.3 Å². The molecule has 6 nitrogen and oxygen atoms in total. The molecule has 0 aliphatic carbocycles. The Morgan fingerprint density at radius 2 is 1.74 bits per heavy atom. The summed E-state index contributed by atoms with van der Waals surface area (Å²) in [7, 11) is 0. The topological polar surface area (TPSA) is 65.8 Å². The van der Waals surface area contributed by atoms with Gasteiger partial charge in [0.2, 0.25) is 6.79 Å². The Morgan fingerprint density at radius 1 is 1.00 bits per heavy atom. The minimum absolute atomic E-state index is 0.127. The van der Waals surface area contributed by atoms with Crippen LogP contribution >= 0.6 is 0 Å². The van der Waals surface area contributed by atoms with Crippen LogP contribution in [0, 0.1) is 11.3 Å². The largest absolute Gasteiger partial charge is 0.454 e. The smallest absolute Gasteiger partial charge is 0.264 e. The number of amides is 1. The molecule has 2 heterocycles. The molecule has 2 aliphatic heterocycles. The molecule has 0 aromatic heterocycles. The van der Waals surface area contributed by atoms with Crippen LogP contribution in [0.15, 0.2) is 54.1 Å². The zero-order valence-corrected chi connectivity index (χ0v) is 14.8. The predicted octanol–water partition coefficient (Wildman–Crippen LogP) is 2.67. The molecule has 1 fully saturated rings. The molecule has 1 amide bonds. The molecular weight excluding hydrogens is 342 g/mol. The van der Waals surface area contributed by atoms with Crippen molar-refractivity contribution in [1.82, 2.24) is 4.90 Å². The molecule has 4 rings (SSSR count). The average molecular weight is 361 g/mol. The lowest BCUT2D eigenvalue weighted by atomic mass is 10.1. The molecule has 0 saturated carbocycles.